The first-order valence-corrected chi connectivity index (χ1v) is 6.10. The Balaban J connectivity index is 2.28. The van der Waals surface area contributed by atoms with Crippen LogP contribution in [-0.2, 0) is 4.74 Å². The van der Waals surface area contributed by atoms with E-state index in [1.165, 1.54) is 0 Å². The van der Waals surface area contributed by atoms with Crippen LogP contribution in [-0.4, -0.2) is 43.3 Å². The molecule has 0 radical (unpaired) electrons. The van der Waals surface area contributed by atoms with Gasteiger partial charge in [-0.05, 0) is 0 Å². The summed E-state index contributed by atoms with van der Waals surface area (Å²) in [6, 6.07) is 2.00. The fourth-order valence-electron chi connectivity index (χ4n) is 1.79. The van der Waals surface area contributed by atoms with Crippen LogP contribution in [0.4, 0.5) is 11.6 Å². The Morgan fingerprint density at radius 2 is 2.00 bits per heavy atom. The minimum Gasteiger partial charge on any atom is -0.378 e. The topological polar surface area (TPSA) is 50.3 Å². The molecule has 1 aliphatic rings. The predicted molar refractivity (Wildman–Crippen MR) is 68.7 cm³/mol. The lowest BCUT2D eigenvalue weighted by Crippen LogP contribution is -2.37. The third-order valence-electron chi connectivity index (χ3n) is 2.84. The maximum Gasteiger partial charge on any atom is 0.135 e. The van der Waals surface area contributed by atoms with Gasteiger partial charge in [-0.25, -0.2) is 9.97 Å². The van der Waals surface area contributed by atoms with Gasteiger partial charge in [0.15, 0.2) is 0 Å². The number of morpholine rings is 1. The highest BCUT2D eigenvalue weighted by atomic mass is 16.5. The van der Waals surface area contributed by atoms with Crippen LogP contribution in [0.3, 0.4) is 0 Å². The van der Waals surface area contributed by atoms with Gasteiger partial charge in [-0.15, -0.1) is 0 Å². The summed E-state index contributed by atoms with van der Waals surface area (Å²) in [5.41, 5.74) is 0. The van der Waals surface area contributed by atoms with Crippen molar-refractivity contribution in [3.05, 3.63) is 11.9 Å². The molecule has 2 rings (SSSR count). The van der Waals surface area contributed by atoms with Gasteiger partial charge in [-0.3, -0.25) is 0 Å². The fraction of sp³-hybridized carbons (Fsp3) is 0.667. The molecule has 2 heterocycles. The monoisotopic (exact) mass is 236 g/mol. The van der Waals surface area contributed by atoms with Crippen molar-refractivity contribution in [3.63, 3.8) is 0 Å². The van der Waals surface area contributed by atoms with Crippen LogP contribution in [0.15, 0.2) is 6.07 Å². The van der Waals surface area contributed by atoms with E-state index < -0.39 is 0 Å². The van der Waals surface area contributed by atoms with Gasteiger partial charge < -0.3 is 15.0 Å². The molecule has 0 unspecified atom stereocenters. The number of hydrogen-bond donors (Lipinski definition) is 1. The lowest BCUT2D eigenvalue weighted by Gasteiger charge is -2.28. The van der Waals surface area contributed by atoms with Gasteiger partial charge >= 0.3 is 0 Å². The molecule has 1 aliphatic heterocycles. The Labute approximate surface area is 102 Å². The van der Waals surface area contributed by atoms with Crippen molar-refractivity contribution in [1.29, 1.82) is 0 Å². The summed E-state index contributed by atoms with van der Waals surface area (Å²) >= 11 is 0. The van der Waals surface area contributed by atoms with Crippen LogP contribution in [0.2, 0.25) is 0 Å². The van der Waals surface area contributed by atoms with E-state index in [9.17, 15) is 0 Å². The quantitative estimate of drug-likeness (QED) is 0.861. The van der Waals surface area contributed by atoms with E-state index in [1.807, 2.05) is 13.1 Å². The molecular formula is C12H20N4O. The van der Waals surface area contributed by atoms with Gasteiger partial charge in [-0.1, -0.05) is 13.8 Å². The van der Waals surface area contributed by atoms with Crippen molar-refractivity contribution in [2.75, 3.05) is 43.6 Å². The number of rotatable bonds is 3. The van der Waals surface area contributed by atoms with Gasteiger partial charge in [-0.2, -0.15) is 0 Å². The van der Waals surface area contributed by atoms with Gasteiger partial charge in [0, 0.05) is 32.1 Å². The Bertz CT molecular complexity index is 375. The van der Waals surface area contributed by atoms with E-state index >= 15 is 0 Å². The summed E-state index contributed by atoms with van der Waals surface area (Å²) in [7, 11) is 1.88. The zero-order valence-corrected chi connectivity index (χ0v) is 10.7. The van der Waals surface area contributed by atoms with E-state index in [2.05, 4.69) is 34.0 Å². The zero-order chi connectivity index (χ0) is 12.3. The molecule has 1 N–H and O–H groups in total. The molecule has 1 aromatic rings. The number of ether oxygens (including phenoxy) is 1. The van der Waals surface area contributed by atoms with Crippen molar-refractivity contribution in [3.8, 4) is 0 Å². The molecule has 17 heavy (non-hydrogen) atoms. The highest BCUT2D eigenvalue weighted by Gasteiger charge is 2.15. The van der Waals surface area contributed by atoms with E-state index in [1.54, 1.807) is 0 Å². The SMILES string of the molecule is CNc1cc(N2CCOCC2)nc(C(C)C)n1. The number of nitrogens with one attached hydrogen (secondary N) is 1. The molecule has 0 saturated carbocycles. The van der Waals surface area contributed by atoms with Crippen LogP contribution in [0.1, 0.15) is 25.6 Å². The van der Waals surface area contributed by atoms with Gasteiger partial charge in [0.1, 0.15) is 17.5 Å². The highest BCUT2D eigenvalue weighted by Crippen LogP contribution is 2.20. The Morgan fingerprint density at radius 1 is 1.29 bits per heavy atom. The smallest absolute Gasteiger partial charge is 0.135 e. The Kier molecular flexibility index (Phi) is 3.78. The summed E-state index contributed by atoms with van der Waals surface area (Å²) in [5, 5.41) is 3.09. The van der Waals surface area contributed by atoms with Crippen LogP contribution in [0, 0.1) is 0 Å². The molecular weight excluding hydrogens is 216 g/mol. The molecule has 5 nitrogen and oxygen atoms in total. The van der Waals surface area contributed by atoms with Crippen molar-refractivity contribution >= 4 is 11.6 Å². The molecule has 0 amide bonds. The lowest BCUT2D eigenvalue weighted by molar-refractivity contribution is 0.122. The zero-order valence-electron chi connectivity index (χ0n) is 10.7. The second-order valence-corrected chi connectivity index (χ2v) is 4.47. The summed E-state index contributed by atoms with van der Waals surface area (Å²) in [6.45, 7) is 7.57. The van der Waals surface area contributed by atoms with Crippen molar-refractivity contribution in [2.24, 2.45) is 0 Å². The Morgan fingerprint density at radius 3 is 2.59 bits per heavy atom. The maximum atomic E-state index is 5.35. The predicted octanol–water partition coefficient (Wildman–Crippen LogP) is 1.48. The van der Waals surface area contributed by atoms with Gasteiger partial charge in [0.25, 0.3) is 0 Å². The van der Waals surface area contributed by atoms with Crippen LogP contribution in [0.25, 0.3) is 0 Å². The summed E-state index contributed by atoms with van der Waals surface area (Å²) in [5.74, 6) is 3.10. The maximum absolute atomic E-state index is 5.35. The first-order valence-electron chi connectivity index (χ1n) is 6.10. The lowest BCUT2D eigenvalue weighted by atomic mass is 10.2. The third kappa shape index (κ3) is 2.85. The summed E-state index contributed by atoms with van der Waals surface area (Å²) in [6.07, 6.45) is 0. The molecule has 1 aromatic heterocycles. The molecule has 0 aliphatic carbocycles. The third-order valence-corrected chi connectivity index (χ3v) is 2.84. The number of hydrogen-bond acceptors (Lipinski definition) is 5. The second-order valence-electron chi connectivity index (χ2n) is 4.47. The average molecular weight is 236 g/mol. The minimum atomic E-state index is 0.336. The minimum absolute atomic E-state index is 0.336. The van der Waals surface area contributed by atoms with Crippen molar-refractivity contribution in [2.45, 2.75) is 19.8 Å². The summed E-state index contributed by atoms with van der Waals surface area (Å²) < 4.78 is 5.35. The van der Waals surface area contributed by atoms with Gasteiger partial charge in [0.2, 0.25) is 0 Å². The normalized spacial score (nSPS) is 16.4. The molecule has 0 spiro atoms. The van der Waals surface area contributed by atoms with Gasteiger partial charge in [0.05, 0.1) is 13.2 Å². The first kappa shape index (κ1) is 12.1. The summed E-state index contributed by atoms with van der Waals surface area (Å²) in [4.78, 5) is 11.3. The highest BCUT2D eigenvalue weighted by molar-refractivity contribution is 5.49. The number of nitrogens with zero attached hydrogens (tertiary/aromatic N) is 3. The first-order chi connectivity index (χ1) is 8.20. The van der Waals surface area contributed by atoms with E-state index in [4.69, 9.17) is 4.74 Å². The molecule has 5 heteroatoms. The van der Waals surface area contributed by atoms with E-state index in [0.29, 0.717) is 5.92 Å². The second kappa shape index (κ2) is 5.31. The van der Waals surface area contributed by atoms with Crippen molar-refractivity contribution < 1.29 is 4.74 Å². The van der Waals surface area contributed by atoms with Crippen LogP contribution < -0.4 is 10.2 Å². The molecule has 1 fully saturated rings. The molecule has 0 bridgehead atoms. The molecule has 0 atom stereocenters. The fourth-order valence-corrected chi connectivity index (χ4v) is 1.79. The standard InChI is InChI=1S/C12H20N4O/c1-9(2)12-14-10(13-3)8-11(15-12)16-4-6-17-7-5-16/h8-9H,4-7H2,1-3H3,(H,13,14,15). The molecule has 1 saturated heterocycles. The van der Waals surface area contributed by atoms with Crippen LogP contribution >= 0.6 is 0 Å². The molecule has 0 aromatic carbocycles. The Hall–Kier alpha value is -1.36. The van der Waals surface area contributed by atoms with Crippen molar-refractivity contribution in [1.82, 2.24) is 9.97 Å². The average Bonchev–Trinajstić information content (AvgIpc) is 2.39. The van der Waals surface area contributed by atoms with E-state index in [-0.39, 0.29) is 0 Å². The van der Waals surface area contributed by atoms with Crippen LogP contribution in [0.5, 0.6) is 0 Å². The van der Waals surface area contributed by atoms with E-state index in [0.717, 1.165) is 43.8 Å². The number of anilines is 2. The molecule has 94 valence electrons. The largest absolute Gasteiger partial charge is 0.378 e. The number of aromatic nitrogens is 2.